The summed E-state index contributed by atoms with van der Waals surface area (Å²) in [6.45, 7) is 4.40. The van der Waals surface area contributed by atoms with Crippen molar-refractivity contribution in [2.45, 2.75) is 24.4 Å². The third-order valence-corrected chi connectivity index (χ3v) is 9.86. The molecule has 0 aromatic heterocycles. The topological polar surface area (TPSA) is 54.0 Å². The Bertz CT molecular complexity index is 1580. The van der Waals surface area contributed by atoms with Gasteiger partial charge in [0.25, 0.3) is 5.91 Å². The van der Waals surface area contributed by atoms with E-state index in [-0.39, 0.29) is 23.3 Å². The van der Waals surface area contributed by atoms with Gasteiger partial charge in [-0.05, 0) is 67.1 Å². The first-order chi connectivity index (χ1) is 21.1. The number of hydrogen-bond donors (Lipinski definition) is 1. The third-order valence-electron chi connectivity index (χ3n) is 9.86. The Morgan fingerprint density at radius 2 is 1.77 bits per heavy atom. The summed E-state index contributed by atoms with van der Waals surface area (Å²) in [5.41, 5.74) is 3.81. The molecule has 3 aliphatic heterocycles. The molecule has 2 saturated heterocycles. The maximum absolute atomic E-state index is 13.9. The van der Waals surface area contributed by atoms with Crippen LogP contribution in [0.25, 0.3) is 16.8 Å². The van der Waals surface area contributed by atoms with Crippen molar-refractivity contribution in [3.8, 4) is 5.75 Å². The van der Waals surface area contributed by atoms with Crippen LogP contribution in [0.3, 0.4) is 0 Å². The molecule has 1 aliphatic carbocycles. The van der Waals surface area contributed by atoms with E-state index in [4.69, 9.17) is 9.47 Å². The van der Waals surface area contributed by atoms with Crippen molar-refractivity contribution >= 4 is 28.4 Å². The van der Waals surface area contributed by atoms with Gasteiger partial charge in [0.2, 0.25) is 0 Å². The van der Waals surface area contributed by atoms with Crippen LogP contribution in [0.1, 0.15) is 34.3 Å². The number of nitrogens with one attached hydrogen (secondary N) is 1. The lowest BCUT2D eigenvalue weighted by Gasteiger charge is -2.49. The van der Waals surface area contributed by atoms with E-state index in [2.05, 4.69) is 109 Å². The number of amides is 1. The maximum atomic E-state index is 13.9. The Hall–Kier alpha value is -3.87. The van der Waals surface area contributed by atoms with Crippen molar-refractivity contribution in [2.24, 2.45) is 11.8 Å². The summed E-state index contributed by atoms with van der Waals surface area (Å²) in [4.78, 5) is 17.9. The van der Waals surface area contributed by atoms with Gasteiger partial charge in [0.05, 0.1) is 18.8 Å². The molecule has 1 amide bonds. The van der Waals surface area contributed by atoms with Gasteiger partial charge in [0.15, 0.2) is 0 Å². The van der Waals surface area contributed by atoms with Crippen LogP contribution in [-0.2, 0) is 10.2 Å². The molecule has 3 heterocycles. The van der Waals surface area contributed by atoms with Crippen LogP contribution >= 0.6 is 0 Å². The van der Waals surface area contributed by atoms with Crippen molar-refractivity contribution in [3.63, 3.8) is 0 Å². The second kappa shape index (κ2) is 11.7. The van der Waals surface area contributed by atoms with Crippen LogP contribution in [0, 0.1) is 11.8 Å². The molecule has 0 spiro atoms. The number of morpholine rings is 1. The number of fused-ring (bicyclic) bond motifs is 3. The second-order valence-electron chi connectivity index (χ2n) is 12.4. The minimum atomic E-state index is -0.198. The van der Waals surface area contributed by atoms with Crippen LogP contribution in [0.2, 0.25) is 0 Å². The first-order valence-electron chi connectivity index (χ1n) is 15.7. The van der Waals surface area contributed by atoms with Gasteiger partial charge in [0, 0.05) is 55.2 Å². The van der Waals surface area contributed by atoms with E-state index in [0.717, 1.165) is 53.7 Å². The Morgan fingerprint density at radius 3 is 2.53 bits per heavy atom. The Balaban J connectivity index is 1.35. The summed E-state index contributed by atoms with van der Waals surface area (Å²) < 4.78 is 12.7. The molecule has 1 N–H and O–H groups in total. The Labute approximate surface area is 254 Å². The number of carbonyl (C=O) groups excluding carboxylic acids is 1. The van der Waals surface area contributed by atoms with E-state index in [1.54, 1.807) is 0 Å². The minimum Gasteiger partial charge on any atom is -0.484 e. The van der Waals surface area contributed by atoms with Gasteiger partial charge >= 0.3 is 0 Å². The third kappa shape index (κ3) is 4.96. The van der Waals surface area contributed by atoms with E-state index in [1.807, 2.05) is 11.0 Å². The number of allylic oxidation sites excluding steroid dienone is 3. The number of benzene rings is 3. The summed E-state index contributed by atoms with van der Waals surface area (Å²) >= 11 is 0. The highest BCUT2D eigenvalue weighted by atomic mass is 16.5. The highest BCUT2D eigenvalue weighted by Gasteiger charge is 2.48. The van der Waals surface area contributed by atoms with Crippen molar-refractivity contribution in [1.29, 1.82) is 0 Å². The number of nitrogens with zero attached hydrogens (tertiary/aromatic N) is 2. The number of hydrogen-bond acceptors (Lipinski definition) is 5. The van der Waals surface area contributed by atoms with Gasteiger partial charge in [-0.25, -0.2) is 0 Å². The van der Waals surface area contributed by atoms with Crippen molar-refractivity contribution in [2.75, 3.05) is 58.4 Å². The van der Waals surface area contributed by atoms with Crippen LogP contribution in [0.15, 0.2) is 85.0 Å². The lowest BCUT2D eigenvalue weighted by Crippen LogP contribution is -2.50. The zero-order valence-electron chi connectivity index (χ0n) is 25.2. The van der Waals surface area contributed by atoms with Gasteiger partial charge < -0.3 is 24.6 Å². The van der Waals surface area contributed by atoms with Gasteiger partial charge in [-0.2, -0.15) is 0 Å². The summed E-state index contributed by atoms with van der Waals surface area (Å²) in [7, 11) is 4.11. The van der Waals surface area contributed by atoms with Gasteiger partial charge in [-0.3, -0.25) is 4.79 Å². The fourth-order valence-corrected chi connectivity index (χ4v) is 7.62. The molecule has 43 heavy (non-hydrogen) atoms. The molecule has 3 unspecified atom stereocenters. The lowest BCUT2D eigenvalue weighted by molar-refractivity contribution is 0.0302. The molecule has 222 valence electrons. The first kappa shape index (κ1) is 27.9. The zero-order valence-corrected chi connectivity index (χ0v) is 25.2. The fourth-order valence-electron chi connectivity index (χ4n) is 7.62. The average molecular weight is 576 g/mol. The summed E-state index contributed by atoms with van der Waals surface area (Å²) in [5.74, 6) is 1.42. The van der Waals surface area contributed by atoms with Crippen LogP contribution in [-0.4, -0.2) is 70.4 Å². The maximum Gasteiger partial charge on any atom is 0.254 e. The van der Waals surface area contributed by atoms with Crippen LogP contribution in [0.4, 0.5) is 5.69 Å². The molecule has 6 heteroatoms. The molecule has 0 saturated carbocycles. The number of piperidine rings is 1. The smallest absolute Gasteiger partial charge is 0.254 e. The van der Waals surface area contributed by atoms with Crippen molar-refractivity contribution < 1.29 is 14.3 Å². The van der Waals surface area contributed by atoms with Gasteiger partial charge in [-0.1, -0.05) is 66.8 Å². The fraction of sp³-hybridized carbons (Fsp3) is 0.378. The minimum absolute atomic E-state index is 0.0404. The summed E-state index contributed by atoms with van der Waals surface area (Å²) in [5, 5.41) is 5.63. The normalized spacial score (nSPS) is 25.4. The number of rotatable bonds is 5. The molecule has 2 fully saturated rings. The highest BCUT2D eigenvalue weighted by molar-refractivity contribution is 6.06. The Morgan fingerprint density at radius 1 is 0.977 bits per heavy atom. The Kier molecular flexibility index (Phi) is 7.58. The van der Waals surface area contributed by atoms with Gasteiger partial charge in [-0.15, -0.1) is 0 Å². The van der Waals surface area contributed by atoms with E-state index in [0.29, 0.717) is 37.8 Å². The lowest BCUT2D eigenvalue weighted by atomic mass is 9.57. The molecule has 0 radical (unpaired) electrons. The summed E-state index contributed by atoms with van der Waals surface area (Å²) in [6.07, 6.45) is 15.6. The molecule has 3 aromatic carbocycles. The van der Waals surface area contributed by atoms with Crippen LogP contribution < -0.4 is 15.0 Å². The first-order valence-corrected chi connectivity index (χ1v) is 15.7. The molecule has 4 aliphatic rings. The van der Waals surface area contributed by atoms with E-state index >= 15 is 0 Å². The molecule has 3 atom stereocenters. The monoisotopic (exact) mass is 575 g/mol. The molecule has 6 nitrogen and oxygen atoms in total. The van der Waals surface area contributed by atoms with Crippen molar-refractivity contribution in [1.82, 2.24) is 10.2 Å². The molecular formula is C37H41N3O3. The standard InChI is InChI=1S/C37H41N3O3/c1-39(2)29-12-11-26-24-32(36(41)40-20-22-42-23-21-40)30-13-14-34(43-35(30)31(26)25-29)33-10-6-7-17-37(33,27-8-4-3-5-9-27)28-15-18-38-19-16-28/h3-14,17,24-25,28,33-34,38H,15-16,18-23H2,1-2H3. The number of anilines is 1. The number of carbonyl (C=O) groups is 1. The van der Waals surface area contributed by atoms with Crippen LogP contribution in [0.5, 0.6) is 5.75 Å². The molecular weight excluding hydrogens is 534 g/mol. The zero-order chi connectivity index (χ0) is 29.4. The van der Waals surface area contributed by atoms with E-state index < -0.39 is 0 Å². The second-order valence-corrected chi connectivity index (χ2v) is 12.4. The van der Waals surface area contributed by atoms with E-state index in [9.17, 15) is 4.79 Å². The molecule has 7 rings (SSSR count). The predicted octanol–water partition coefficient (Wildman–Crippen LogP) is 5.83. The quantitative estimate of drug-likeness (QED) is 0.415. The highest BCUT2D eigenvalue weighted by Crippen LogP contribution is 2.51. The van der Waals surface area contributed by atoms with Crippen molar-refractivity contribution in [3.05, 3.63) is 102 Å². The molecule has 0 bridgehead atoms. The predicted molar refractivity (Wildman–Crippen MR) is 174 cm³/mol. The average Bonchev–Trinajstić information content (AvgIpc) is 3.08. The van der Waals surface area contributed by atoms with E-state index in [1.165, 1.54) is 5.56 Å². The SMILES string of the molecule is CN(C)c1ccc2cc(C(=O)N3CCOCC3)c3c(c2c1)OC(C1C=CC=CC1(c1ccccc1)C1CCNCC1)C=C3. The largest absolute Gasteiger partial charge is 0.484 e. The molecule has 3 aromatic rings. The van der Waals surface area contributed by atoms with Gasteiger partial charge in [0.1, 0.15) is 11.9 Å². The number of ether oxygens (including phenoxy) is 2. The summed E-state index contributed by atoms with van der Waals surface area (Å²) in [6, 6.07) is 19.5.